The summed E-state index contributed by atoms with van der Waals surface area (Å²) in [6.45, 7) is 6.61. The fourth-order valence-electron chi connectivity index (χ4n) is 1.87. The first-order chi connectivity index (χ1) is 9.65. The van der Waals surface area contributed by atoms with Crippen LogP contribution in [0.4, 0.5) is 4.79 Å². The van der Waals surface area contributed by atoms with E-state index in [1.807, 2.05) is 55.4 Å². The van der Waals surface area contributed by atoms with Crippen LogP contribution in [0.15, 0.2) is 41.5 Å². The van der Waals surface area contributed by atoms with Crippen LogP contribution in [0.5, 0.6) is 0 Å². The molecule has 0 radical (unpaired) electrons. The van der Waals surface area contributed by atoms with Gasteiger partial charge in [-0.25, -0.2) is 9.80 Å². The van der Waals surface area contributed by atoms with Crippen molar-refractivity contribution in [3.63, 3.8) is 0 Å². The van der Waals surface area contributed by atoms with Crippen molar-refractivity contribution in [3.8, 4) is 0 Å². The summed E-state index contributed by atoms with van der Waals surface area (Å²) in [4.78, 5) is 15.4. The zero-order valence-electron chi connectivity index (χ0n) is 12.4. The Kier molecular flexibility index (Phi) is 7.35. The van der Waals surface area contributed by atoms with E-state index < -0.39 is 0 Å². The van der Waals surface area contributed by atoms with Crippen LogP contribution < -0.4 is 0 Å². The summed E-state index contributed by atoms with van der Waals surface area (Å²) in [5, 5.41) is 5.06. The Balaban J connectivity index is 0.000000276. The van der Waals surface area contributed by atoms with Gasteiger partial charge in [-0.15, -0.1) is 0 Å². The highest BCUT2D eigenvalue weighted by atomic mass is 16.2. The van der Waals surface area contributed by atoms with E-state index in [9.17, 15) is 4.79 Å². The zero-order valence-corrected chi connectivity index (χ0v) is 12.4. The SMILES string of the molecule is C=NN1CCN(CCCN(C)C)C1=O.c1ccccc1. The molecule has 1 saturated heterocycles. The quantitative estimate of drug-likeness (QED) is 0.771. The molecule has 1 aromatic carbocycles. The summed E-state index contributed by atoms with van der Waals surface area (Å²) in [5.74, 6) is 0. The lowest BCUT2D eigenvalue weighted by Gasteiger charge is -2.16. The molecule has 2 rings (SSSR count). The minimum Gasteiger partial charge on any atom is -0.321 e. The molecule has 2 amide bonds. The summed E-state index contributed by atoms with van der Waals surface area (Å²) in [6, 6.07) is 12.0. The smallest absolute Gasteiger partial charge is 0.321 e. The Morgan fingerprint density at radius 1 is 1.15 bits per heavy atom. The van der Waals surface area contributed by atoms with Crippen molar-refractivity contribution in [1.29, 1.82) is 0 Å². The lowest BCUT2D eigenvalue weighted by atomic mass is 10.4. The molecule has 0 atom stereocenters. The number of hydrogen-bond acceptors (Lipinski definition) is 3. The van der Waals surface area contributed by atoms with Crippen molar-refractivity contribution in [2.75, 3.05) is 40.3 Å². The fourth-order valence-corrected chi connectivity index (χ4v) is 1.87. The van der Waals surface area contributed by atoms with E-state index in [0.717, 1.165) is 26.1 Å². The van der Waals surface area contributed by atoms with Gasteiger partial charge in [0.25, 0.3) is 0 Å². The van der Waals surface area contributed by atoms with Gasteiger partial charge in [-0.2, -0.15) is 5.10 Å². The van der Waals surface area contributed by atoms with E-state index in [4.69, 9.17) is 0 Å². The molecule has 1 aromatic rings. The number of amides is 2. The third-order valence-corrected chi connectivity index (χ3v) is 2.94. The van der Waals surface area contributed by atoms with Crippen LogP contribution in [-0.2, 0) is 0 Å². The molecule has 0 bridgehead atoms. The first kappa shape index (κ1) is 16.2. The highest BCUT2D eigenvalue weighted by Gasteiger charge is 2.26. The van der Waals surface area contributed by atoms with Crippen molar-refractivity contribution in [2.24, 2.45) is 5.10 Å². The molecule has 0 N–H and O–H groups in total. The normalized spacial score (nSPS) is 14.2. The Hall–Kier alpha value is -1.88. The van der Waals surface area contributed by atoms with E-state index in [0.29, 0.717) is 6.54 Å². The number of hydrogen-bond donors (Lipinski definition) is 0. The van der Waals surface area contributed by atoms with Gasteiger partial charge < -0.3 is 9.80 Å². The average molecular weight is 276 g/mol. The number of hydrazone groups is 1. The van der Waals surface area contributed by atoms with E-state index in [-0.39, 0.29) is 6.03 Å². The third kappa shape index (κ3) is 5.84. The van der Waals surface area contributed by atoms with Crippen LogP contribution in [0, 0.1) is 0 Å². The summed E-state index contributed by atoms with van der Waals surface area (Å²) < 4.78 is 0. The Morgan fingerprint density at radius 3 is 2.10 bits per heavy atom. The summed E-state index contributed by atoms with van der Waals surface area (Å²) in [6.07, 6.45) is 1.00. The summed E-state index contributed by atoms with van der Waals surface area (Å²) in [5.41, 5.74) is 0. The molecule has 1 aliphatic heterocycles. The van der Waals surface area contributed by atoms with Crippen molar-refractivity contribution >= 4 is 12.7 Å². The molecule has 1 heterocycles. The molecule has 20 heavy (non-hydrogen) atoms. The molecule has 0 aliphatic carbocycles. The largest absolute Gasteiger partial charge is 0.340 e. The Morgan fingerprint density at radius 2 is 1.70 bits per heavy atom. The molecule has 5 heteroatoms. The predicted molar refractivity (Wildman–Crippen MR) is 82.8 cm³/mol. The highest BCUT2D eigenvalue weighted by Crippen LogP contribution is 2.08. The lowest BCUT2D eigenvalue weighted by molar-refractivity contribution is 0.192. The first-order valence-corrected chi connectivity index (χ1v) is 6.83. The zero-order chi connectivity index (χ0) is 14.8. The number of urea groups is 1. The summed E-state index contributed by atoms with van der Waals surface area (Å²) >= 11 is 0. The van der Waals surface area contributed by atoms with Gasteiger partial charge >= 0.3 is 6.03 Å². The molecular formula is C15H24N4O. The minimum atomic E-state index is -0.0150. The molecule has 5 nitrogen and oxygen atoms in total. The van der Waals surface area contributed by atoms with Gasteiger partial charge in [-0.3, -0.25) is 0 Å². The second kappa shape index (κ2) is 9.09. The maximum atomic E-state index is 11.5. The number of nitrogens with zero attached hydrogens (tertiary/aromatic N) is 4. The van der Waals surface area contributed by atoms with Gasteiger partial charge in [-0.1, -0.05) is 36.4 Å². The third-order valence-electron chi connectivity index (χ3n) is 2.94. The second-order valence-electron chi connectivity index (χ2n) is 4.85. The lowest BCUT2D eigenvalue weighted by Crippen LogP contribution is -2.31. The van der Waals surface area contributed by atoms with E-state index in [1.54, 1.807) is 0 Å². The predicted octanol–water partition coefficient (Wildman–Crippen LogP) is 1.98. The molecule has 1 aliphatic rings. The minimum absolute atomic E-state index is 0.0150. The molecule has 110 valence electrons. The van der Waals surface area contributed by atoms with Crippen molar-refractivity contribution < 1.29 is 4.79 Å². The van der Waals surface area contributed by atoms with Gasteiger partial charge in [0.05, 0.1) is 6.54 Å². The molecule has 0 saturated carbocycles. The highest BCUT2D eigenvalue weighted by molar-refractivity contribution is 5.76. The van der Waals surface area contributed by atoms with Crippen LogP contribution in [-0.4, -0.2) is 67.8 Å². The fraction of sp³-hybridized carbons (Fsp3) is 0.467. The van der Waals surface area contributed by atoms with Gasteiger partial charge in [0.15, 0.2) is 0 Å². The van der Waals surface area contributed by atoms with Crippen molar-refractivity contribution in [3.05, 3.63) is 36.4 Å². The maximum Gasteiger partial charge on any atom is 0.340 e. The Labute approximate surface area is 121 Å². The van der Waals surface area contributed by atoms with Crippen LogP contribution in [0.2, 0.25) is 0 Å². The van der Waals surface area contributed by atoms with Crippen molar-refractivity contribution in [2.45, 2.75) is 6.42 Å². The van der Waals surface area contributed by atoms with Gasteiger partial charge in [-0.05, 0) is 27.1 Å². The van der Waals surface area contributed by atoms with Gasteiger partial charge in [0.2, 0.25) is 0 Å². The van der Waals surface area contributed by atoms with E-state index in [2.05, 4.69) is 16.7 Å². The Bertz CT molecular complexity index is 367. The molecule has 0 aromatic heterocycles. The molecule has 1 fully saturated rings. The second-order valence-corrected chi connectivity index (χ2v) is 4.85. The molecular weight excluding hydrogens is 252 g/mol. The molecule has 0 spiro atoms. The number of carbonyl (C=O) groups excluding carboxylic acids is 1. The van der Waals surface area contributed by atoms with Crippen LogP contribution in [0.1, 0.15) is 6.42 Å². The van der Waals surface area contributed by atoms with Crippen LogP contribution in [0.25, 0.3) is 0 Å². The van der Waals surface area contributed by atoms with Gasteiger partial charge in [0.1, 0.15) is 0 Å². The van der Waals surface area contributed by atoms with Gasteiger partial charge in [0, 0.05) is 19.8 Å². The average Bonchev–Trinajstić information content (AvgIpc) is 2.82. The van der Waals surface area contributed by atoms with Crippen molar-refractivity contribution in [1.82, 2.24) is 14.8 Å². The number of rotatable bonds is 5. The standard InChI is InChI=1S/C9H18N4O.C6H6/c1-10-13-8-7-12(9(13)14)6-4-5-11(2)3;1-2-4-6-5-3-1/h1,4-8H2,2-3H3;1-6H. The number of benzene rings is 1. The topological polar surface area (TPSA) is 39.1 Å². The molecule has 0 unspecified atom stereocenters. The first-order valence-electron chi connectivity index (χ1n) is 6.83. The maximum absolute atomic E-state index is 11.5. The van der Waals surface area contributed by atoms with E-state index in [1.165, 1.54) is 5.01 Å². The number of carbonyl (C=O) groups is 1. The van der Waals surface area contributed by atoms with E-state index >= 15 is 0 Å². The van der Waals surface area contributed by atoms with Crippen LogP contribution in [0.3, 0.4) is 0 Å². The monoisotopic (exact) mass is 276 g/mol. The summed E-state index contributed by atoms with van der Waals surface area (Å²) in [7, 11) is 4.06. The van der Waals surface area contributed by atoms with Crippen LogP contribution >= 0.6 is 0 Å².